The van der Waals surface area contributed by atoms with E-state index in [0.29, 0.717) is 0 Å². The molecule has 3 heteroatoms. The summed E-state index contributed by atoms with van der Waals surface area (Å²) in [5.41, 5.74) is 2.65. The van der Waals surface area contributed by atoms with E-state index < -0.39 is 11.5 Å². The van der Waals surface area contributed by atoms with Crippen molar-refractivity contribution in [3.63, 3.8) is 0 Å². The van der Waals surface area contributed by atoms with Crippen LogP contribution >= 0.6 is 0 Å². The lowest BCUT2D eigenvalue weighted by molar-refractivity contribution is 0.414. The van der Waals surface area contributed by atoms with Crippen molar-refractivity contribution < 1.29 is 13.5 Å². The minimum Gasteiger partial charge on any atom is -0.497 e. The zero-order chi connectivity index (χ0) is 13.0. The van der Waals surface area contributed by atoms with E-state index in [4.69, 9.17) is 4.74 Å². The van der Waals surface area contributed by atoms with Gasteiger partial charge in [-0.1, -0.05) is 30.0 Å². The quantitative estimate of drug-likeness (QED) is 0.575. The molecule has 0 unspecified atom stereocenters. The molecule has 0 N–H and O–H groups in total. The number of hydrogen-bond donors (Lipinski definition) is 0. The van der Waals surface area contributed by atoms with Crippen molar-refractivity contribution in [3.8, 4) is 5.75 Å². The van der Waals surface area contributed by atoms with E-state index in [1.807, 2.05) is 42.1 Å². The molecule has 0 saturated heterocycles. The van der Waals surface area contributed by atoms with Crippen LogP contribution in [0.4, 0.5) is 8.78 Å². The summed E-state index contributed by atoms with van der Waals surface area (Å²) in [5.74, 6) is 0.760. The van der Waals surface area contributed by atoms with E-state index >= 15 is 0 Å². The molecule has 94 valence electrons. The van der Waals surface area contributed by atoms with Crippen LogP contribution in [0.2, 0.25) is 0 Å². The molecule has 1 nitrogen and oxygen atoms in total. The molecule has 0 bridgehead atoms. The van der Waals surface area contributed by atoms with E-state index in [1.54, 1.807) is 7.11 Å². The number of hydrogen-bond acceptors (Lipinski definition) is 1. The number of ether oxygens (including phenoxy) is 1. The van der Waals surface area contributed by atoms with Crippen molar-refractivity contribution in [2.24, 2.45) is 0 Å². The fraction of sp³-hybridized carbons (Fsp3) is 0.267. The Morgan fingerprint density at radius 3 is 2.33 bits per heavy atom. The highest BCUT2D eigenvalue weighted by Crippen LogP contribution is 2.39. The maximum Gasteiger partial charge on any atom is 0.312 e. The standard InChI is InChI=1S/C15H14F2O/c1-18-13-6-4-12(5-7-13)15(9-2-3-10-15)11-8-14(16)17/h2-7,11H,9-10H2,1H3. The van der Waals surface area contributed by atoms with Crippen LogP contribution in [0, 0.1) is 0 Å². The smallest absolute Gasteiger partial charge is 0.312 e. The second-order valence-corrected chi connectivity index (χ2v) is 4.31. The first kappa shape index (κ1) is 12.6. The first-order valence-electron chi connectivity index (χ1n) is 5.75. The van der Waals surface area contributed by atoms with Gasteiger partial charge in [-0.05, 0) is 36.6 Å². The fourth-order valence-electron chi connectivity index (χ4n) is 2.22. The summed E-state index contributed by atoms with van der Waals surface area (Å²) in [7, 11) is 1.60. The molecule has 18 heavy (non-hydrogen) atoms. The minimum absolute atomic E-state index is 0.393. The third-order valence-electron chi connectivity index (χ3n) is 3.25. The van der Waals surface area contributed by atoms with E-state index in [0.717, 1.165) is 24.2 Å². The lowest BCUT2D eigenvalue weighted by Gasteiger charge is -2.25. The molecule has 1 aromatic carbocycles. The molecule has 0 aromatic heterocycles. The highest BCUT2D eigenvalue weighted by Gasteiger charge is 2.30. The third kappa shape index (κ3) is 2.52. The molecule has 0 spiro atoms. The summed E-state index contributed by atoms with van der Waals surface area (Å²) >= 11 is 0. The normalized spacial score (nSPS) is 16.2. The Hall–Kier alpha value is -1.86. The number of methoxy groups -OCH3 is 1. The Balaban J connectivity index is 2.38. The summed E-state index contributed by atoms with van der Waals surface area (Å²) in [4.78, 5) is 0. The molecule has 0 radical (unpaired) electrons. The molecular formula is C15H14F2O. The third-order valence-corrected chi connectivity index (χ3v) is 3.25. The highest BCUT2D eigenvalue weighted by atomic mass is 19.3. The van der Waals surface area contributed by atoms with Crippen LogP contribution < -0.4 is 4.74 Å². The fourth-order valence-corrected chi connectivity index (χ4v) is 2.22. The summed E-state index contributed by atoms with van der Waals surface area (Å²) in [6, 6.07) is 7.53. The first-order chi connectivity index (χ1) is 8.66. The Morgan fingerprint density at radius 1 is 1.22 bits per heavy atom. The summed E-state index contributed by atoms with van der Waals surface area (Å²) in [5, 5.41) is 0. The second kappa shape index (κ2) is 5.19. The molecular weight excluding hydrogens is 234 g/mol. The van der Waals surface area contributed by atoms with Gasteiger partial charge in [-0.2, -0.15) is 8.78 Å². The molecule has 0 fully saturated rings. The maximum absolute atomic E-state index is 12.2. The topological polar surface area (TPSA) is 9.23 Å². The average Bonchev–Trinajstić information content (AvgIpc) is 2.86. The Morgan fingerprint density at radius 2 is 1.83 bits per heavy atom. The zero-order valence-corrected chi connectivity index (χ0v) is 10.1. The van der Waals surface area contributed by atoms with Crippen molar-refractivity contribution in [2.45, 2.75) is 18.3 Å². The number of rotatable bonds is 3. The van der Waals surface area contributed by atoms with Crippen LogP contribution in [0.3, 0.4) is 0 Å². The molecule has 0 amide bonds. The predicted molar refractivity (Wildman–Crippen MR) is 66.9 cm³/mol. The van der Waals surface area contributed by atoms with Gasteiger partial charge >= 0.3 is 6.08 Å². The lowest BCUT2D eigenvalue weighted by Crippen LogP contribution is -2.18. The van der Waals surface area contributed by atoms with Gasteiger partial charge in [0.25, 0.3) is 0 Å². The average molecular weight is 248 g/mol. The number of halogens is 2. The van der Waals surface area contributed by atoms with Crippen LogP contribution in [-0.4, -0.2) is 7.11 Å². The van der Waals surface area contributed by atoms with E-state index in [9.17, 15) is 8.78 Å². The molecule has 1 aliphatic carbocycles. The van der Waals surface area contributed by atoms with Gasteiger partial charge in [0.1, 0.15) is 5.75 Å². The van der Waals surface area contributed by atoms with Gasteiger partial charge in [-0.3, -0.25) is 0 Å². The van der Waals surface area contributed by atoms with Crippen molar-refractivity contribution in [1.82, 2.24) is 0 Å². The van der Waals surface area contributed by atoms with Gasteiger partial charge in [-0.25, -0.2) is 0 Å². The van der Waals surface area contributed by atoms with Gasteiger partial charge in [-0.15, -0.1) is 0 Å². The Kier molecular flexibility index (Phi) is 3.63. The van der Waals surface area contributed by atoms with Crippen molar-refractivity contribution in [2.75, 3.05) is 7.11 Å². The lowest BCUT2D eigenvalue weighted by atomic mass is 9.78. The molecule has 0 atom stereocenters. The first-order valence-corrected chi connectivity index (χ1v) is 5.75. The van der Waals surface area contributed by atoms with Crippen molar-refractivity contribution in [3.05, 3.63) is 59.9 Å². The molecule has 0 heterocycles. The summed E-state index contributed by atoms with van der Waals surface area (Å²) in [6.07, 6.45) is 5.16. The zero-order valence-electron chi connectivity index (χ0n) is 10.1. The molecule has 2 rings (SSSR count). The van der Waals surface area contributed by atoms with Crippen LogP contribution in [0.15, 0.2) is 54.3 Å². The van der Waals surface area contributed by atoms with Crippen LogP contribution in [0.25, 0.3) is 0 Å². The van der Waals surface area contributed by atoms with Crippen LogP contribution in [0.5, 0.6) is 5.75 Å². The van der Waals surface area contributed by atoms with E-state index in [2.05, 4.69) is 0 Å². The molecule has 1 aliphatic rings. The Labute approximate surface area is 105 Å². The van der Waals surface area contributed by atoms with Gasteiger partial charge in [0, 0.05) is 5.41 Å². The van der Waals surface area contributed by atoms with Crippen LogP contribution in [-0.2, 0) is 5.41 Å². The van der Waals surface area contributed by atoms with Gasteiger partial charge < -0.3 is 4.74 Å². The molecule has 1 aromatic rings. The van der Waals surface area contributed by atoms with Gasteiger partial charge in [0.05, 0.1) is 7.11 Å². The van der Waals surface area contributed by atoms with Gasteiger partial charge in [0.2, 0.25) is 0 Å². The molecule has 0 saturated carbocycles. The predicted octanol–water partition coefficient (Wildman–Crippen LogP) is 4.22. The Bertz CT molecular complexity index is 496. The monoisotopic (exact) mass is 248 g/mol. The highest BCUT2D eigenvalue weighted by molar-refractivity contribution is 5.39. The SMILES string of the molecule is COc1ccc(C2(C=C=C(F)F)CC=CC2)cc1. The van der Waals surface area contributed by atoms with E-state index in [-0.39, 0.29) is 0 Å². The summed E-state index contributed by atoms with van der Waals surface area (Å²) < 4.78 is 29.6. The van der Waals surface area contributed by atoms with Crippen molar-refractivity contribution >= 4 is 0 Å². The number of benzene rings is 1. The minimum atomic E-state index is -1.78. The largest absolute Gasteiger partial charge is 0.497 e. The second-order valence-electron chi connectivity index (χ2n) is 4.31. The summed E-state index contributed by atoms with van der Waals surface area (Å²) in [6.45, 7) is 0. The molecule has 0 aliphatic heterocycles. The van der Waals surface area contributed by atoms with Crippen molar-refractivity contribution in [1.29, 1.82) is 0 Å². The van der Waals surface area contributed by atoms with Gasteiger partial charge in [0.15, 0.2) is 0 Å². The maximum atomic E-state index is 12.2. The van der Waals surface area contributed by atoms with Crippen LogP contribution in [0.1, 0.15) is 18.4 Å². The number of allylic oxidation sites excluding steroid dienone is 3. The van der Waals surface area contributed by atoms with E-state index in [1.165, 1.54) is 6.08 Å².